The van der Waals surface area contributed by atoms with Crippen LogP contribution >= 0.6 is 27.4 Å². The molecule has 2 aliphatic heterocycles. The molecule has 7 N–H and O–H groups in total. The van der Waals surface area contributed by atoms with Crippen molar-refractivity contribution < 1.29 is 52.0 Å². The lowest BCUT2D eigenvalue weighted by molar-refractivity contribution is -0.0410. The molecule has 4 aromatic rings. The highest BCUT2D eigenvalue weighted by molar-refractivity contribution is 7.98. The number of aromatic nitrogens is 8. The van der Waals surface area contributed by atoms with E-state index in [-0.39, 0.29) is 29.2 Å². The number of hydrogen-bond acceptors (Lipinski definition) is 17. The molecule has 1 aliphatic carbocycles. The largest absolute Gasteiger partial charge is 0.527 e. The van der Waals surface area contributed by atoms with Crippen molar-refractivity contribution in [1.82, 2.24) is 39.0 Å². The highest BCUT2D eigenvalue weighted by Crippen LogP contribution is 2.55. The van der Waals surface area contributed by atoms with E-state index in [2.05, 4.69) is 29.9 Å². The number of anilines is 1. The smallest absolute Gasteiger partial charge is 0.505 e. The van der Waals surface area contributed by atoms with Crippen molar-refractivity contribution in [3.63, 3.8) is 0 Å². The van der Waals surface area contributed by atoms with E-state index in [1.165, 1.54) is 39.9 Å². The number of thioether (sulfide) groups is 1. The second-order valence-electron chi connectivity index (χ2n) is 10.5. The number of ether oxygens (including phenoxy) is 1. The Morgan fingerprint density at radius 3 is 2.57 bits per heavy atom. The van der Waals surface area contributed by atoms with Crippen LogP contribution in [0.4, 0.5) is 5.95 Å². The maximum Gasteiger partial charge on any atom is 0.527 e. The second kappa shape index (κ2) is 11.4. The summed E-state index contributed by atoms with van der Waals surface area (Å²) in [5.41, 5.74) is 5.59. The van der Waals surface area contributed by atoms with E-state index in [1.54, 1.807) is 6.26 Å². The molecule has 46 heavy (non-hydrogen) atoms. The minimum Gasteiger partial charge on any atom is -0.505 e. The minimum atomic E-state index is -5.05. The van der Waals surface area contributed by atoms with Gasteiger partial charge in [-0.25, -0.2) is 29.1 Å². The molecule has 2 bridgehead atoms. The maximum atomic E-state index is 13.3. The summed E-state index contributed by atoms with van der Waals surface area (Å²) in [6.45, 7) is -1.44. The monoisotopic (exact) mass is 701 g/mol. The van der Waals surface area contributed by atoms with Crippen molar-refractivity contribution in [2.45, 2.75) is 42.0 Å². The zero-order chi connectivity index (χ0) is 32.5. The number of aromatic amines is 1. The fourth-order valence-corrected chi connectivity index (χ4v) is 8.00. The number of phosphoric ester groups is 2. The topological polar surface area (TPSA) is 294 Å². The van der Waals surface area contributed by atoms with Crippen LogP contribution in [-0.4, -0.2) is 96.8 Å². The van der Waals surface area contributed by atoms with E-state index in [9.17, 15) is 33.9 Å². The van der Waals surface area contributed by atoms with Gasteiger partial charge in [0, 0.05) is 5.92 Å². The Morgan fingerprint density at radius 1 is 1.04 bits per heavy atom. The molecule has 2 fully saturated rings. The molecule has 21 nitrogen and oxygen atoms in total. The Balaban J connectivity index is 1.22. The number of nitrogens with one attached hydrogen (secondary N) is 1. The van der Waals surface area contributed by atoms with E-state index >= 15 is 0 Å². The van der Waals surface area contributed by atoms with Crippen molar-refractivity contribution in [1.29, 1.82) is 0 Å². The molecule has 7 rings (SSSR count). The molecule has 0 spiro atoms. The summed E-state index contributed by atoms with van der Waals surface area (Å²) in [7, 11) is -10.1. The summed E-state index contributed by atoms with van der Waals surface area (Å²) in [5, 5.41) is 22.8. The number of imidazole rings is 2. The normalized spacial score (nSPS) is 33.8. The third-order valence-corrected chi connectivity index (χ3v) is 10.3. The highest BCUT2D eigenvalue weighted by atomic mass is 32.2. The quantitative estimate of drug-likeness (QED) is 0.0962. The van der Waals surface area contributed by atoms with Gasteiger partial charge >= 0.3 is 15.6 Å². The number of H-pyrrole nitrogens is 1. The summed E-state index contributed by atoms with van der Waals surface area (Å²) in [6.07, 6.45) is -0.489. The summed E-state index contributed by atoms with van der Waals surface area (Å²) >= 11 is 1.30. The minimum absolute atomic E-state index is 0.00260. The zero-order valence-corrected chi connectivity index (χ0v) is 26.0. The van der Waals surface area contributed by atoms with Crippen LogP contribution in [0.15, 0.2) is 40.3 Å². The number of nitrogen functional groups attached to an aromatic ring is 1. The van der Waals surface area contributed by atoms with Gasteiger partial charge in [-0.3, -0.25) is 32.8 Å². The number of fused-ring (bicyclic) bond motifs is 5. The lowest BCUT2D eigenvalue weighted by Crippen LogP contribution is -2.33. The van der Waals surface area contributed by atoms with Gasteiger partial charge in [0.2, 0.25) is 5.95 Å². The molecule has 0 radical (unpaired) electrons. The number of aliphatic hydroxyl groups is 2. The first-order valence-electron chi connectivity index (χ1n) is 13.4. The Bertz CT molecular complexity index is 2040. The number of rotatable bonds is 3. The molecular weight excluding hydrogens is 676 g/mol. The van der Waals surface area contributed by atoms with Crippen LogP contribution < -0.4 is 11.3 Å². The van der Waals surface area contributed by atoms with Gasteiger partial charge in [0.05, 0.1) is 38.0 Å². The lowest BCUT2D eigenvalue weighted by Gasteiger charge is -2.26. The number of aliphatic hydroxyl groups excluding tert-OH is 2. The summed E-state index contributed by atoms with van der Waals surface area (Å²) < 4.78 is 56.0. The fourth-order valence-electron chi connectivity index (χ4n) is 5.66. The van der Waals surface area contributed by atoms with Crippen LogP contribution in [0.1, 0.15) is 18.7 Å². The van der Waals surface area contributed by atoms with Crippen LogP contribution in [0.3, 0.4) is 0 Å². The molecular formula is C22H25N9O12P2S. The predicted octanol–water partition coefficient (Wildman–Crippen LogP) is 0.502. The average molecular weight is 702 g/mol. The molecule has 6 heterocycles. The molecule has 0 aromatic carbocycles. The standard InChI is InChI=1S/C22H25N9O12P2S/c1-46-20-12-17(24-5-25-20)31(7-27-12)21-14(33)16-10(41-21)4-40-45(37,38)42-15-9(2-8(13(15)32)3-39-44(35,36)43-16)30-6-26-11-18(30)28-22(23)29-19(11)34/h5-10,13,15,21,32-33H,2-4H2,1H3,(H,35,36)(H,37,38)(H3,23,28,29,34)/t8-,9-,10-,13?,15?,21-/m1/s1. The van der Waals surface area contributed by atoms with E-state index < -0.39 is 82.4 Å². The van der Waals surface area contributed by atoms with Gasteiger partial charge in [0.1, 0.15) is 29.1 Å². The molecule has 1 saturated heterocycles. The van der Waals surface area contributed by atoms with Crippen LogP contribution in [0.25, 0.3) is 22.3 Å². The molecule has 8 atom stereocenters. The molecule has 246 valence electrons. The Labute approximate surface area is 260 Å². The first-order chi connectivity index (χ1) is 21.9. The number of nitrogens with zero attached hydrogens (tertiary/aromatic N) is 7. The molecule has 0 amide bonds. The van der Waals surface area contributed by atoms with Crippen molar-refractivity contribution in [3.05, 3.63) is 40.9 Å². The third-order valence-electron chi connectivity index (χ3n) is 7.70. The molecule has 4 aromatic heterocycles. The Morgan fingerprint density at radius 2 is 1.78 bits per heavy atom. The molecule has 24 heteroatoms. The van der Waals surface area contributed by atoms with Gasteiger partial charge in [-0.15, -0.1) is 11.8 Å². The van der Waals surface area contributed by atoms with Crippen LogP contribution in [-0.2, 0) is 32.0 Å². The maximum absolute atomic E-state index is 13.3. The Kier molecular flexibility index (Phi) is 7.71. The third kappa shape index (κ3) is 5.39. The van der Waals surface area contributed by atoms with E-state index in [4.69, 9.17) is 28.6 Å². The number of phosphoric acid groups is 2. The molecule has 1 saturated carbocycles. The average Bonchev–Trinajstić information content (AvgIpc) is 3.76. The summed E-state index contributed by atoms with van der Waals surface area (Å²) in [4.78, 5) is 56.8. The second-order valence-corrected chi connectivity index (χ2v) is 14.0. The Hall–Kier alpha value is -3.43. The predicted molar refractivity (Wildman–Crippen MR) is 154 cm³/mol. The van der Waals surface area contributed by atoms with Gasteiger partial charge in [-0.05, 0) is 12.7 Å². The number of nitrogens with two attached hydrogens (primary N) is 1. The van der Waals surface area contributed by atoms with Crippen molar-refractivity contribution >= 4 is 55.7 Å². The van der Waals surface area contributed by atoms with Crippen LogP contribution in [0.5, 0.6) is 0 Å². The summed E-state index contributed by atoms with van der Waals surface area (Å²) in [6, 6.07) is -0.998. The molecule has 4 unspecified atom stereocenters. The van der Waals surface area contributed by atoms with E-state index in [0.29, 0.717) is 10.5 Å². The van der Waals surface area contributed by atoms with Crippen LogP contribution in [0.2, 0.25) is 0 Å². The molecule has 3 aliphatic rings. The highest BCUT2D eigenvalue weighted by Gasteiger charge is 2.51. The van der Waals surface area contributed by atoms with Gasteiger partial charge in [-0.2, -0.15) is 4.98 Å². The lowest BCUT2D eigenvalue weighted by atomic mass is 10.1. The first-order valence-corrected chi connectivity index (χ1v) is 17.6. The van der Waals surface area contributed by atoms with E-state index in [0.717, 1.165) is 0 Å². The SMILES string of the molecule is CSc1ncnc2c1ncn2[C@@H]1O[C@@H]2COP(=O)(O)OC3C(O)[C@@H](COP(=O)(O)OC2=C1O)C[C@H]3n1cnc2c(=O)[nH]c(N)nc21. The first kappa shape index (κ1) is 31.2. The van der Waals surface area contributed by atoms with Gasteiger partial charge in [-0.1, -0.05) is 0 Å². The summed E-state index contributed by atoms with van der Waals surface area (Å²) in [5.74, 6) is -2.51. The van der Waals surface area contributed by atoms with Crippen LogP contribution in [0, 0.1) is 5.92 Å². The van der Waals surface area contributed by atoms with E-state index in [1.807, 2.05) is 0 Å². The number of hydrogen-bond donors (Lipinski definition) is 6. The van der Waals surface area contributed by atoms with Gasteiger partial charge in [0.25, 0.3) is 5.56 Å². The zero-order valence-electron chi connectivity index (χ0n) is 23.4. The van der Waals surface area contributed by atoms with Crippen molar-refractivity contribution in [2.24, 2.45) is 5.92 Å². The fraction of sp³-hybridized carbons (Fsp3) is 0.455. The van der Waals surface area contributed by atoms with Gasteiger partial charge in [0.15, 0.2) is 34.6 Å². The van der Waals surface area contributed by atoms with Gasteiger partial charge < -0.3 is 34.7 Å². The van der Waals surface area contributed by atoms with Crippen molar-refractivity contribution in [2.75, 3.05) is 25.2 Å². The van der Waals surface area contributed by atoms with Crippen molar-refractivity contribution in [3.8, 4) is 0 Å².